The third-order valence-corrected chi connectivity index (χ3v) is 6.58. The summed E-state index contributed by atoms with van der Waals surface area (Å²) in [5, 5.41) is 8.95. The second-order valence-electron chi connectivity index (χ2n) is 8.75. The summed E-state index contributed by atoms with van der Waals surface area (Å²) in [4.78, 5) is 18.6. The SMILES string of the molecule is CCN(C(=O)c1cc2ccccc2[nH]1)[C@H]1CCC[C@@H](NCc2cc(C3CC3)on2)C1. The molecule has 2 aliphatic rings. The lowest BCUT2D eigenvalue weighted by Gasteiger charge is -2.37. The molecular formula is C24H30N4O2. The van der Waals surface area contributed by atoms with Crippen LogP contribution in [-0.4, -0.2) is 39.6 Å². The molecule has 0 spiro atoms. The van der Waals surface area contributed by atoms with Gasteiger partial charge in [0.1, 0.15) is 11.5 Å². The molecule has 1 aromatic carbocycles. The standard InChI is InChI=1S/C24H30N4O2/c1-2-28(24(29)22-12-17-6-3-4-9-21(17)26-22)20-8-5-7-18(13-20)25-15-19-14-23(30-27-19)16-10-11-16/h3-4,6,9,12,14,16,18,20,25-26H,2,5,7-8,10-11,13,15H2,1H3/t18-,20+/m1/s1. The van der Waals surface area contributed by atoms with Crippen LogP contribution in [0.2, 0.25) is 0 Å². The van der Waals surface area contributed by atoms with Crippen molar-refractivity contribution in [2.45, 2.75) is 70.0 Å². The molecule has 158 valence electrons. The number of carbonyl (C=O) groups is 1. The van der Waals surface area contributed by atoms with Crippen LogP contribution in [0.15, 0.2) is 40.9 Å². The third kappa shape index (κ3) is 4.01. The van der Waals surface area contributed by atoms with Crippen molar-refractivity contribution in [3.8, 4) is 0 Å². The summed E-state index contributed by atoms with van der Waals surface area (Å²) in [6.45, 7) is 3.53. The van der Waals surface area contributed by atoms with E-state index in [-0.39, 0.29) is 11.9 Å². The van der Waals surface area contributed by atoms with Crippen molar-refractivity contribution in [1.82, 2.24) is 20.4 Å². The molecule has 0 unspecified atom stereocenters. The molecule has 2 aromatic heterocycles. The van der Waals surface area contributed by atoms with Crippen molar-refractivity contribution < 1.29 is 9.32 Å². The monoisotopic (exact) mass is 406 g/mol. The van der Waals surface area contributed by atoms with Crippen LogP contribution in [0.25, 0.3) is 10.9 Å². The molecule has 2 aliphatic carbocycles. The molecular weight excluding hydrogens is 376 g/mol. The zero-order valence-corrected chi connectivity index (χ0v) is 17.6. The van der Waals surface area contributed by atoms with Crippen LogP contribution in [0, 0.1) is 0 Å². The molecule has 2 saturated carbocycles. The first-order valence-corrected chi connectivity index (χ1v) is 11.3. The van der Waals surface area contributed by atoms with Gasteiger partial charge in [0.2, 0.25) is 0 Å². The van der Waals surface area contributed by atoms with E-state index in [0.29, 0.717) is 17.7 Å². The van der Waals surface area contributed by atoms with Crippen LogP contribution in [0.5, 0.6) is 0 Å². The van der Waals surface area contributed by atoms with Crippen LogP contribution in [0.1, 0.15) is 73.3 Å². The predicted octanol–water partition coefficient (Wildman–Crippen LogP) is 4.60. The van der Waals surface area contributed by atoms with Gasteiger partial charge in [-0.3, -0.25) is 4.79 Å². The average molecular weight is 407 g/mol. The number of benzene rings is 1. The van der Waals surface area contributed by atoms with Crippen molar-refractivity contribution >= 4 is 16.8 Å². The summed E-state index contributed by atoms with van der Waals surface area (Å²) in [5.74, 6) is 1.73. The van der Waals surface area contributed by atoms with E-state index in [0.717, 1.165) is 61.1 Å². The second-order valence-corrected chi connectivity index (χ2v) is 8.75. The van der Waals surface area contributed by atoms with Gasteiger partial charge < -0.3 is 19.7 Å². The van der Waals surface area contributed by atoms with Crippen molar-refractivity contribution in [2.24, 2.45) is 0 Å². The van der Waals surface area contributed by atoms with Crippen LogP contribution in [-0.2, 0) is 6.54 Å². The number of rotatable bonds is 7. The Morgan fingerprint density at radius 1 is 1.23 bits per heavy atom. The minimum Gasteiger partial charge on any atom is -0.361 e. The van der Waals surface area contributed by atoms with E-state index in [1.54, 1.807) is 0 Å². The lowest BCUT2D eigenvalue weighted by Crippen LogP contribution is -2.46. The molecule has 0 radical (unpaired) electrons. The van der Waals surface area contributed by atoms with Gasteiger partial charge in [-0.05, 0) is 57.6 Å². The van der Waals surface area contributed by atoms with Gasteiger partial charge in [0.25, 0.3) is 5.91 Å². The minimum absolute atomic E-state index is 0.102. The quantitative estimate of drug-likeness (QED) is 0.601. The van der Waals surface area contributed by atoms with E-state index >= 15 is 0 Å². The number of aromatic nitrogens is 2. The van der Waals surface area contributed by atoms with Gasteiger partial charge in [0, 0.05) is 48.1 Å². The number of nitrogens with zero attached hydrogens (tertiary/aromatic N) is 2. The zero-order chi connectivity index (χ0) is 20.5. The van der Waals surface area contributed by atoms with Crippen LogP contribution in [0.3, 0.4) is 0 Å². The number of hydrogen-bond donors (Lipinski definition) is 2. The number of aromatic amines is 1. The van der Waals surface area contributed by atoms with E-state index < -0.39 is 0 Å². The zero-order valence-electron chi connectivity index (χ0n) is 17.6. The first kappa shape index (κ1) is 19.4. The summed E-state index contributed by atoms with van der Waals surface area (Å²) >= 11 is 0. The average Bonchev–Trinajstić information content (AvgIpc) is 3.35. The van der Waals surface area contributed by atoms with Crippen LogP contribution in [0.4, 0.5) is 0 Å². The largest absolute Gasteiger partial charge is 0.361 e. The lowest BCUT2D eigenvalue weighted by molar-refractivity contribution is 0.0623. The van der Waals surface area contributed by atoms with Gasteiger partial charge >= 0.3 is 0 Å². The maximum Gasteiger partial charge on any atom is 0.270 e. The number of H-pyrrole nitrogens is 1. The molecule has 5 rings (SSSR count). The second kappa shape index (κ2) is 8.26. The summed E-state index contributed by atoms with van der Waals surface area (Å²) in [6, 6.07) is 12.8. The minimum atomic E-state index is 0.102. The molecule has 2 fully saturated rings. The number of amides is 1. The van der Waals surface area contributed by atoms with E-state index in [4.69, 9.17) is 4.52 Å². The Balaban J connectivity index is 1.22. The van der Waals surface area contributed by atoms with Gasteiger partial charge in [-0.25, -0.2) is 0 Å². The normalized spacial score (nSPS) is 21.8. The van der Waals surface area contributed by atoms with Gasteiger partial charge in [0.05, 0.1) is 5.69 Å². The molecule has 1 amide bonds. The summed E-state index contributed by atoms with van der Waals surface area (Å²) in [7, 11) is 0. The van der Waals surface area contributed by atoms with Crippen molar-refractivity contribution in [3.05, 3.63) is 53.5 Å². The van der Waals surface area contributed by atoms with E-state index in [1.807, 2.05) is 35.2 Å². The van der Waals surface area contributed by atoms with Crippen molar-refractivity contribution in [1.29, 1.82) is 0 Å². The van der Waals surface area contributed by atoms with E-state index in [2.05, 4.69) is 28.4 Å². The molecule has 0 bridgehead atoms. The summed E-state index contributed by atoms with van der Waals surface area (Å²) in [6.07, 6.45) is 6.76. The Morgan fingerprint density at radius 2 is 2.10 bits per heavy atom. The molecule has 3 aromatic rings. The third-order valence-electron chi connectivity index (χ3n) is 6.58. The highest BCUT2D eigenvalue weighted by Crippen LogP contribution is 2.40. The molecule has 6 heteroatoms. The number of carbonyl (C=O) groups excluding carboxylic acids is 1. The number of fused-ring (bicyclic) bond motifs is 1. The highest BCUT2D eigenvalue weighted by Gasteiger charge is 2.31. The summed E-state index contributed by atoms with van der Waals surface area (Å²) < 4.78 is 5.46. The van der Waals surface area contributed by atoms with Crippen LogP contribution >= 0.6 is 0 Å². The van der Waals surface area contributed by atoms with E-state index in [9.17, 15) is 4.79 Å². The fourth-order valence-electron chi connectivity index (χ4n) is 4.76. The Kier molecular flexibility index (Phi) is 5.34. The first-order chi connectivity index (χ1) is 14.7. The molecule has 2 atom stereocenters. The fraction of sp³-hybridized carbons (Fsp3) is 0.500. The number of hydrogen-bond acceptors (Lipinski definition) is 4. The lowest BCUT2D eigenvalue weighted by atomic mass is 9.89. The topological polar surface area (TPSA) is 74.2 Å². The van der Waals surface area contributed by atoms with Crippen molar-refractivity contribution in [2.75, 3.05) is 6.54 Å². The summed E-state index contributed by atoms with van der Waals surface area (Å²) in [5.41, 5.74) is 2.68. The van der Waals surface area contributed by atoms with Crippen LogP contribution < -0.4 is 5.32 Å². The highest BCUT2D eigenvalue weighted by molar-refractivity contribution is 5.98. The van der Waals surface area contributed by atoms with Gasteiger partial charge in [-0.1, -0.05) is 23.4 Å². The Labute approximate surface area is 177 Å². The molecule has 0 saturated heterocycles. The number of para-hydroxylation sites is 1. The number of nitrogens with one attached hydrogen (secondary N) is 2. The molecule has 6 nitrogen and oxygen atoms in total. The maximum absolute atomic E-state index is 13.3. The first-order valence-electron chi connectivity index (χ1n) is 11.3. The molecule has 2 N–H and O–H groups in total. The van der Waals surface area contributed by atoms with Crippen molar-refractivity contribution in [3.63, 3.8) is 0 Å². The Morgan fingerprint density at radius 3 is 2.90 bits per heavy atom. The molecule has 0 aliphatic heterocycles. The van der Waals surface area contributed by atoms with Gasteiger partial charge in [-0.15, -0.1) is 0 Å². The Bertz CT molecular complexity index is 986. The van der Waals surface area contributed by atoms with Gasteiger partial charge in [-0.2, -0.15) is 0 Å². The highest BCUT2D eigenvalue weighted by atomic mass is 16.5. The smallest absolute Gasteiger partial charge is 0.270 e. The maximum atomic E-state index is 13.3. The molecule has 30 heavy (non-hydrogen) atoms. The fourth-order valence-corrected chi connectivity index (χ4v) is 4.76. The Hall–Kier alpha value is -2.60. The van der Waals surface area contributed by atoms with Gasteiger partial charge in [0.15, 0.2) is 0 Å². The molecule has 2 heterocycles. The predicted molar refractivity (Wildman–Crippen MR) is 116 cm³/mol. The van der Waals surface area contributed by atoms with E-state index in [1.165, 1.54) is 12.8 Å².